The van der Waals surface area contributed by atoms with Crippen LogP contribution in [0.3, 0.4) is 0 Å². The fourth-order valence-corrected chi connectivity index (χ4v) is 3.79. The van der Waals surface area contributed by atoms with Gasteiger partial charge in [-0.2, -0.15) is 0 Å². The van der Waals surface area contributed by atoms with Gasteiger partial charge in [-0.25, -0.2) is 0 Å². The molecule has 1 aliphatic rings. The van der Waals surface area contributed by atoms with E-state index in [1.807, 2.05) is 0 Å². The normalized spacial score (nSPS) is 14.7. The van der Waals surface area contributed by atoms with Gasteiger partial charge in [-0.15, -0.1) is 11.3 Å². The number of hydrogen-bond acceptors (Lipinski definition) is 4. The smallest absolute Gasteiger partial charge is 0.264 e. The Hall–Kier alpha value is -0.910. The molecule has 1 N–H and O–H groups in total. The lowest BCUT2D eigenvalue weighted by molar-refractivity contribution is 0.0661. The minimum absolute atomic E-state index is 0.0133. The van der Waals surface area contributed by atoms with Gasteiger partial charge in [0.25, 0.3) is 5.91 Å². The molecular formula is C15H23NO3S. The van der Waals surface area contributed by atoms with Crippen LogP contribution in [0.25, 0.3) is 0 Å². The van der Waals surface area contributed by atoms with Crippen molar-refractivity contribution in [3.63, 3.8) is 0 Å². The Morgan fingerprint density at radius 2 is 2.15 bits per heavy atom. The van der Waals surface area contributed by atoms with Crippen LogP contribution < -0.4 is 0 Å². The van der Waals surface area contributed by atoms with Gasteiger partial charge >= 0.3 is 0 Å². The molecule has 1 aliphatic carbocycles. The second-order valence-electron chi connectivity index (χ2n) is 5.13. The van der Waals surface area contributed by atoms with E-state index in [2.05, 4.69) is 6.07 Å². The van der Waals surface area contributed by atoms with E-state index in [4.69, 9.17) is 9.84 Å². The number of aryl methyl sites for hydroxylation is 2. The zero-order chi connectivity index (χ0) is 14.4. The van der Waals surface area contributed by atoms with E-state index in [-0.39, 0.29) is 12.5 Å². The van der Waals surface area contributed by atoms with Crippen molar-refractivity contribution in [1.29, 1.82) is 0 Å². The lowest BCUT2D eigenvalue weighted by Gasteiger charge is -2.20. The minimum atomic E-state index is -0.0133. The number of ether oxygens (including phenoxy) is 1. The maximum atomic E-state index is 12.5. The molecule has 1 heterocycles. The first-order chi connectivity index (χ1) is 9.76. The van der Waals surface area contributed by atoms with Crippen LogP contribution in [0.15, 0.2) is 6.07 Å². The summed E-state index contributed by atoms with van der Waals surface area (Å²) in [5.41, 5.74) is 1.35. The number of methoxy groups -OCH3 is 1. The Bertz CT molecular complexity index is 421. The van der Waals surface area contributed by atoms with Crippen LogP contribution in [0.4, 0.5) is 0 Å². The predicted octanol–water partition coefficient (Wildman–Crippen LogP) is 2.10. The van der Waals surface area contributed by atoms with Crippen LogP contribution in [0.1, 0.15) is 39.4 Å². The van der Waals surface area contributed by atoms with Gasteiger partial charge in [-0.3, -0.25) is 4.79 Å². The van der Waals surface area contributed by atoms with Gasteiger partial charge in [0.05, 0.1) is 18.1 Å². The Labute approximate surface area is 124 Å². The Morgan fingerprint density at radius 1 is 1.35 bits per heavy atom. The third-order valence-corrected chi connectivity index (χ3v) is 4.90. The van der Waals surface area contributed by atoms with E-state index in [9.17, 15) is 4.79 Å². The highest BCUT2D eigenvalue weighted by molar-refractivity contribution is 7.14. The Kier molecular flexibility index (Phi) is 6.01. The topological polar surface area (TPSA) is 49.8 Å². The summed E-state index contributed by atoms with van der Waals surface area (Å²) in [4.78, 5) is 16.4. The first-order valence-corrected chi connectivity index (χ1v) is 8.08. The van der Waals surface area contributed by atoms with E-state index in [0.717, 1.165) is 17.7 Å². The highest BCUT2D eigenvalue weighted by Gasteiger charge is 2.20. The molecule has 0 bridgehead atoms. The van der Waals surface area contributed by atoms with E-state index >= 15 is 0 Å². The fraction of sp³-hybridized carbons (Fsp3) is 0.667. The lowest BCUT2D eigenvalue weighted by atomic mass is 10.1. The highest BCUT2D eigenvalue weighted by atomic mass is 32.1. The number of rotatable bonds is 6. The standard InChI is InChI=1S/C15H23NO3S/c1-19-10-8-16(7-9-17)15(18)14-11-12-5-3-2-4-6-13(12)20-14/h11,17H,2-10H2,1H3. The van der Waals surface area contributed by atoms with Crippen molar-refractivity contribution in [2.75, 3.05) is 33.4 Å². The van der Waals surface area contributed by atoms with Gasteiger partial charge in [-0.05, 0) is 37.3 Å². The lowest BCUT2D eigenvalue weighted by Crippen LogP contribution is -2.35. The van der Waals surface area contributed by atoms with Crippen molar-refractivity contribution in [2.24, 2.45) is 0 Å². The van der Waals surface area contributed by atoms with Crippen LogP contribution in [0.2, 0.25) is 0 Å². The largest absolute Gasteiger partial charge is 0.395 e. The maximum absolute atomic E-state index is 12.5. The molecule has 20 heavy (non-hydrogen) atoms. The molecule has 1 aromatic rings. The number of hydrogen-bond donors (Lipinski definition) is 1. The molecule has 2 rings (SSSR count). The van der Waals surface area contributed by atoms with Crippen LogP contribution in [-0.2, 0) is 17.6 Å². The molecule has 0 saturated carbocycles. The summed E-state index contributed by atoms with van der Waals surface area (Å²) < 4.78 is 5.03. The molecule has 5 heteroatoms. The van der Waals surface area contributed by atoms with Crippen LogP contribution in [-0.4, -0.2) is 49.3 Å². The third kappa shape index (κ3) is 3.81. The SMILES string of the molecule is COCCN(CCO)C(=O)c1cc2c(s1)CCCCC2. The number of carbonyl (C=O) groups is 1. The highest BCUT2D eigenvalue weighted by Crippen LogP contribution is 2.29. The number of carbonyl (C=O) groups excluding carboxylic acids is 1. The maximum Gasteiger partial charge on any atom is 0.264 e. The fourth-order valence-electron chi connectivity index (χ4n) is 2.57. The summed E-state index contributed by atoms with van der Waals surface area (Å²) >= 11 is 1.63. The molecule has 0 unspecified atom stereocenters. The number of amides is 1. The Balaban J connectivity index is 2.10. The van der Waals surface area contributed by atoms with Crippen LogP contribution >= 0.6 is 11.3 Å². The average molecular weight is 297 g/mol. The van der Waals surface area contributed by atoms with Gasteiger partial charge in [0, 0.05) is 25.1 Å². The summed E-state index contributed by atoms with van der Waals surface area (Å²) in [6.45, 7) is 1.38. The van der Waals surface area contributed by atoms with Crippen molar-refractivity contribution >= 4 is 17.2 Å². The summed E-state index contributed by atoms with van der Waals surface area (Å²) in [6.07, 6.45) is 5.93. The van der Waals surface area contributed by atoms with Crippen LogP contribution in [0.5, 0.6) is 0 Å². The van der Waals surface area contributed by atoms with Crippen molar-refractivity contribution in [3.8, 4) is 0 Å². The molecule has 1 aromatic heterocycles. The van der Waals surface area contributed by atoms with Crippen LogP contribution in [0, 0.1) is 0 Å². The monoisotopic (exact) mass is 297 g/mol. The Morgan fingerprint density at radius 3 is 2.90 bits per heavy atom. The molecule has 112 valence electrons. The molecule has 0 aromatic carbocycles. The van der Waals surface area contributed by atoms with E-state index in [1.54, 1.807) is 23.3 Å². The first-order valence-electron chi connectivity index (χ1n) is 7.27. The number of nitrogens with zero attached hydrogens (tertiary/aromatic N) is 1. The molecule has 0 atom stereocenters. The summed E-state index contributed by atoms with van der Waals surface area (Å²) in [7, 11) is 1.62. The van der Waals surface area contributed by atoms with Gasteiger partial charge in [0.15, 0.2) is 0 Å². The second kappa shape index (κ2) is 7.76. The van der Waals surface area contributed by atoms with E-state index in [1.165, 1.54) is 29.7 Å². The predicted molar refractivity (Wildman–Crippen MR) is 80.4 cm³/mol. The number of aliphatic hydroxyl groups excluding tert-OH is 1. The average Bonchev–Trinajstić information content (AvgIpc) is 2.74. The molecule has 1 amide bonds. The molecule has 0 radical (unpaired) electrons. The molecular weight excluding hydrogens is 274 g/mol. The molecule has 0 fully saturated rings. The number of aliphatic hydroxyl groups is 1. The van der Waals surface area contributed by atoms with Gasteiger partial charge in [-0.1, -0.05) is 6.42 Å². The van der Waals surface area contributed by atoms with E-state index in [0.29, 0.717) is 19.7 Å². The summed E-state index contributed by atoms with van der Waals surface area (Å²) in [5, 5.41) is 9.10. The molecule has 0 spiro atoms. The van der Waals surface area contributed by atoms with Gasteiger partial charge < -0.3 is 14.7 Å². The molecule has 0 saturated heterocycles. The number of thiophene rings is 1. The zero-order valence-corrected chi connectivity index (χ0v) is 12.9. The van der Waals surface area contributed by atoms with Crippen molar-refractivity contribution in [2.45, 2.75) is 32.1 Å². The second-order valence-corrected chi connectivity index (χ2v) is 6.27. The summed E-state index contributed by atoms with van der Waals surface area (Å²) in [5.74, 6) is 0.0224. The van der Waals surface area contributed by atoms with Gasteiger partial charge in [0.2, 0.25) is 0 Å². The number of fused-ring (bicyclic) bond motifs is 1. The third-order valence-electron chi connectivity index (χ3n) is 3.68. The first kappa shape index (κ1) is 15.5. The molecule has 4 nitrogen and oxygen atoms in total. The zero-order valence-electron chi connectivity index (χ0n) is 12.1. The van der Waals surface area contributed by atoms with Crippen molar-refractivity contribution < 1.29 is 14.6 Å². The summed E-state index contributed by atoms with van der Waals surface area (Å²) in [6, 6.07) is 2.06. The van der Waals surface area contributed by atoms with Crippen molar-refractivity contribution in [1.82, 2.24) is 4.90 Å². The van der Waals surface area contributed by atoms with Gasteiger partial charge in [0.1, 0.15) is 0 Å². The minimum Gasteiger partial charge on any atom is -0.395 e. The van der Waals surface area contributed by atoms with E-state index < -0.39 is 0 Å². The molecule has 0 aliphatic heterocycles. The quantitative estimate of drug-likeness (QED) is 0.818. The van der Waals surface area contributed by atoms with Crippen molar-refractivity contribution in [3.05, 3.63) is 21.4 Å².